The van der Waals surface area contributed by atoms with Crippen LogP contribution >= 0.6 is 10.7 Å². The first-order valence-electron chi connectivity index (χ1n) is 5.76. The van der Waals surface area contributed by atoms with E-state index in [0.717, 1.165) is 0 Å². The highest BCUT2D eigenvalue weighted by Gasteiger charge is 2.18. The molecule has 3 aromatic rings. The molecule has 0 unspecified atom stereocenters. The minimum absolute atomic E-state index is 0.0333. The van der Waals surface area contributed by atoms with Gasteiger partial charge >= 0.3 is 0 Å². The predicted octanol–water partition coefficient (Wildman–Crippen LogP) is 1.63. The average Bonchev–Trinajstić information content (AvgIpc) is 2.90. The Hall–Kier alpha value is -2.59. The Labute approximate surface area is 127 Å². The van der Waals surface area contributed by atoms with Crippen molar-refractivity contribution in [1.29, 1.82) is 0 Å². The van der Waals surface area contributed by atoms with Gasteiger partial charge in [0.1, 0.15) is 0 Å². The van der Waals surface area contributed by atoms with Gasteiger partial charge in [0.05, 0.1) is 4.92 Å². The number of rotatable bonds is 3. The van der Waals surface area contributed by atoms with Crippen molar-refractivity contribution in [3.05, 3.63) is 46.8 Å². The van der Waals surface area contributed by atoms with Crippen LogP contribution in [0.2, 0.25) is 0 Å². The Kier molecular flexibility index (Phi) is 3.26. The maximum Gasteiger partial charge on any atom is 0.298 e. The third kappa shape index (κ3) is 2.61. The lowest BCUT2D eigenvalue weighted by atomic mass is 10.1. The molecule has 9 nitrogen and oxygen atoms in total. The molecule has 22 heavy (non-hydrogen) atoms. The fourth-order valence-corrected chi connectivity index (χ4v) is 2.36. The summed E-state index contributed by atoms with van der Waals surface area (Å²) in [6.07, 6.45) is 2.96. The van der Waals surface area contributed by atoms with Crippen LogP contribution in [-0.2, 0) is 9.05 Å². The first-order valence-corrected chi connectivity index (χ1v) is 8.07. The lowest BCUT2D eigenvalue weighted by molar-refractivity contribution is -0.384. The van der Waals surface area contributed by atoms with Gasteiger partial charge in [0, 0.05) is 40.8 Å². The van der Waals surface area contributed by atoms with Gasteiger partial charge in [-0.3, -0.25) is 10.1 Å². The number of nitrogens with zero attached hydrogens (tertiary/aromatic N) is 5. The summed E-state index contributed by atoms with van der Waals surface area (Å²) in [6.45, 7) is 0. The molecule has 0 aliphatic rings. The summed E-state index contributed by atoms with van der Waals surface area (Å²) in [5.74, 6) is 0.0740. The monoisotopic (exact) mass is 339 g/mol. The molecule has 2 aromatic heterocycles. The molecule has 0 saturated carbocycles. The van der Waals surface area contributed by atoms with Gasteiger partial charge in [-0.15, -0.1) is 5.10 Å². The first-order chi connectivity index (χ1) is 10.3. The van der Waals surface area contributed by atoms with Gasteiger partial charge in [0.15, 0.2) is 0 Å². The number of nitro benzene ring substituents is 1. The fraction of sp³-hybridized carbons (Fsp3) is 0. The second-order valence-corrected chi connectivity index (χ2v) is 6.68. The molecule has 2 heterocycles. The van der Waals surface area contributed by atoms with E-state index in [-0.39, 0.29) is 11.5 Å². The molecule has 11 heteroatoms. The molecule has 0 aliphatic carbocycles. The molecule has 3 rings (SSSR count). The summed E-state index contributed by atoms with van der Waals surface area (Å²) < 4.78 is 23.6. The van der Waals surface area contributed by atoms with Crippen molar-refractivity contribution in [3.8, 4) is 11.1 Å². The number of benzene rings is 1. The van der Waals surface area contributed by atoms with E-state index in [1.165, 1.54) is 29.0 Å². The molecule has 0 fully saturated rings. The normalized spacial score (nSPS) is 11.7. The van der Waals surface area contributed by atoms with Crippen molar-refractivity contribution >= 4 is 31.2 Å². The van der Waals surface area contributed by atoms with Crippen molar-refractivity contribution in [2.24, 2.45) is 0 Å². The van der Waals surface area contributed by atoms with Crippen LogP contribution in [0.15, 0.2) is 41.8 Å². The van der Waals surface area contributed by atoms with Crippen LogP contribution in [0, 0.1) is 10.1 Å². The third-order valence-electron chi connectivity index (χ3n) is 2.80. The van der Waals surface area contributed by atoms with E-state index in [1.807, 2.05) is 0 Å². The summed E-state index contributed by atoms with van der Waals surface area (Å²) in [6, 6.07) is 5.82. The summed E-state index contributed by atoms with van der Waals surface area (Å²) in [5, 5.41) is 13.8. The van der Waals surface area contributed by atoms with Gasteiger partial charge < -0.3 is 0 Å². The second-order valence-electron chi connectivity index (χ2n) is 4.22. The Morgan fingerprint density at radius 3 is 2.45 bits per heavy atom. The summed E-state index contributed by atoms with van der Waals surface area (Å²) in [7, 11) is 1.13. The Morgan fingerprint density at radius 2 is 1.86 bits per heavy atom. The van der Waals surface area contributed by atoms with E-state index in [4.69, 9.17) is 10.7 Å². The highest BCUT2D eigenvalue weighted by molar-refractivity contribution is 8.13. The van der Waals surface area contributed by atoms with Crippen LogP contribution in [0.5, 0.6) is 0 Å². The number of fused-ring (bicyclic) bond motifs is 1. The number of aromatic nitrogens is 4. The molecule has 0 atom stereocenters. The first kappa shape index (κ1) is 14.4. The van der Waals surface area contributed by atoms with Gasteiger partial charge in [-0.2, -0.15) is 4.98 Å². The quantitative estimate of drug-likeness (QED) is 0.404. The SMILES string of the molecule is O=[N+]([O-])c1ccc(-c2cnc3nc(S(=O)(=O)Cl)nn3c2)cc1. The number of hydrogen-bond donors (Lipinski definition) is 0. The number of nitro groups is 1. The average molecular weight is 340 g/mol. The minimum atomic E-state index is -4.04. The highest BCUT2D eigenvalue weighted by atomic mass is 35.7. The van der Waals surface area contributed by atoms with Crippen molar-refractivity contribution in [3.63, 3.8) is 0 Å². The predicted molar refractivity (Wildman–Crippen MR) is 75.9 cm³/mol. The van der Waals surface area contributed by atoms with Gasteiger partial charge in [0.2, 0.25) is 0 Å². The Balaban J connectivity index is 2.06. The van der Waals surface area contributed by atoms with Gasteiger partial charge in [-0.1, -0.05) is 0 Å². The number of halogens is 1. The molecule has 0 aliphatic heterocycles. The van der Waals surface area contributed by atoms with Crippen molar-refractivity contribution < 1.29 is 13.3 Å². The van der Waals surface area contributed by atoms with Crippen molar-refractivity contribution in [1.82, 2.24) is 19.6 Å². The molecule has 0 saturated heterocycles. The number of hydrogen-bond acceptors (Lipinski definition) is 7. The zero-order valence-electron chi connectivity index (χ0n) is 10.6. The van der Waals surface area contributed by atoms with Crippen LogP contribution < -0.4 is 0 Å². The molecular formula is C11H6ClN5O4S. The molecular weight excluding hydrogens is 334 g/mol. The molecule has 0 bridgehead atoms. The summed E-state index contributed by atoms with van der Waals surface area (Å²) >= 11 is 0. The molecule has 1 aromatic carbocycles. The smallest absolute Gasteiger partial charge is 0.258 e. The van der Waals surface area contributed by atoms with Crippen LogP contribution in [0.3, 0.4) is 0 Å². The summed E-state index contributed by atoms with van der Waals surface area (Å²) in [5.41, 5.74) is 1.21. The van der Waals surface area contributed by atoms with E-state index in [1.54, 1.807) is 12.1 Å². The highest BCUT2D eigenvalue weighted by Crippen LogP contribution is 2.22. The van der Waals surface area contributed by atoms with Crippen LogP contribution in [0.4, 0.5) is 5.69 Å². The molecule has 0 N–H and O–H groups in total. The molecule has 0 radical (unpaired) electrons. The zero-order chi connectivity index (χ0) is 15.9. The maximum absolute atomic E-state index is 11.2. The third-order valence-corrected chi connectivity index (χ3v) is 3.83. The lowest BCUT2D eigenvalue weighted by Crippen LogP contribution is -1.94. The van der Waals surface area contributed by atoms with E-state index in [2.05, 4.69) is 15.1 Å². The van der Waals surface area contributed by atoms with E-state index in [9.17, 15) is 18.5 Å². The maximum atomic E-state index is 11.2. The minimum Gasteiger partial charge on any atom is -0.258 e. The van der Waals surface area contributed by atoms with E-state index < -0.39 is 19.1 Å². The van der Waals surface area contributed by atoms with Crippen LogP contribution in [0.25, 0.3) is 16.9 Å². The number of non-ortho nitro benzene ring substituents is 1. The van der Waals surface area contributed by atoms with Gasteiger partial charge in [-0.25, -0.2) is 17.9 Å². The molecule has 0 amide bonds. The van der Waals surface area contributed by atoms with E-state index in [0.29, 0.717) is 11.1 Å². The van der Waals surface area contributed by atoms with Crippen LogP contribution in [-0.4, -0.2) is 32.9 Å². The second kappa shape index (κ2) is 5.00. The summed E-state index contributed by atoms with van der Waals surface area (Å²) in [4.78, 5) is 17.8. The van der Waals surface area contributed by atoms with Gasteiger partial charge in [0.25, 0.3) is 25.7 Å². The lowest BCUT2D eigenvalue weighted by Gasteiger charge is -2.00. The molecule has 0 spiro atoms. The van der Waals surface area contributed by atoms with E-state index >= 15 is 0 Å². The van der Waals surface area contributed by atoms with Crippen LogP contribution in [0.1, 0.15) is 0 Å². The largest absolute Gasteiger partial charge is 0.298 e. The topological polar surface area (TPSA) is 120 Å². The Morgan fingerprint density at radius 1 is 1.18 bits per heavy atom. The standard InChI is InChI=1S/C11H6ClN5O4S/c12-22(20,21)11-14-10-13-5-8(6-16(10)15-11)7-1-3-9(4-2-7)17(18)19/h1-6H. The fourth-order valence-electron chi connectivity index (χ4n) is 1.79. The van der Waals surface area contributed by atoms with Crippen molar-refractivity contribution in [2.75, 3.05) is 0 Å². The molecule has 112 valence electrons. The van der Waals surface area contributed by atoms with Crippen molar-refractivity contribution in [2.45, 2.75) is 5.16 Å². The Bertz CT molecular complexity index is 983. The zero-order valence-corrected chi connectivity index (χ0v) is 12.2. The van der Waals surface area contributed by atoms with Gasteiger partial charge in [-0.05, 0) is 17.7 Å².